The van der Waals surface area contributed by atoms with E-state index in [0.29, 0.717) is 19.6 Å². The third-order valence-electron chi connectivity index (χ3n) is 4.11. The van der Waals surface area contributed by atoms with Gasteiger partial charge in [0, 0.05) is 39.4 Å². The van der Waals surface area contributed by atoms with Gasteiger partial charge in [-0.3, -0.25) is 19.2 Å². The van der Waals surface area contributed by atoms with Gasteiger partial charge in [0.1, 0.15) is 12.6 Å². The van der Waals surface area contributed by atoms with Crippen molar-refractivity contribution < 1.29 is 9.59 Å². The highest BCUT2D eigenvalue weighted by molar-refractivity contribution is 5.83. The predicted octanol–water partition coefficient (Wildman–Crippen LogP) is -0.269. The molecule has 0 aliphatic carbocycles. The van der Waals surface area contributed by atoms with Crippen LogP contribution in [0, 0.1) is 13.8 Å². The lowest BCUT2D eigenvalue weighted by atomic mass is 10.1. The summed E-state index contributed by atoms with van der Waals surface area (Å²) in [6.07, 6.45) is 0. The van der Waals surface area contributed by atoms with E-state index in [1.807, 2.05) is 31.9 Å². The molecule has 2 amide bonds. The van der Waals surface area contributed by atoms with E-state index in [2.05, 4.69) is 5.10 Å². The van der Waals surface area contributed by atoms with Gasteiger partial charge in [-0.2, -0.15) is 5.10 Å². The molecule has 1 aliphatic rings. The fourth-order valence-corrected chi connectivity index (χ4v) is 2.73. The molecule has 0 radical (unpaired) electrons. The predicted molar refractivity (Wildman–Crippen MR) is 83.4 cm³/mol. The van der Waals surface area contributed by atoms with Crippen LogP contribution in [0.1, 0.15) is 11.4 Å². The van der Waals surface area contributed by atoms with E-state index in [0.717, 1.165) is 11.4 Å². The fourth-order valence-electron chi connectivity index (χ4n) is 2.73. The third kappa shape index (κ3) is 3.47. The Hall–Kier alpha value is -1.89. The van der Waals surface area contributed by atoms with E-state index in [-0.39, 0.29) is 24.4 Å². The summed E-state index contributed by atoms with van der Waals surface area (Å²) >= 11 is 0. The summed E-state index contributed by atoms with van der Waals surface area (Å²) in [6.45, 7) is 5.86. The summed E-state index contributed by atoms with van der Waals surface area (Å²) in [5.41, 5.74) is 1.88. The van der Waals surface area contributed by atoms with Crippen LogP contribution in [0.4, 0.5) is 0 Å². The topological polar surface area (TPSA) is 61.7 Å². The van der Waals surface area contributed by atoms with Crippen LogP contribution < -0.4 is 0 Å². The van der Waals surface area contributed by atoms with Gasteiger partial charge >= 0.3 is 0 Å². The van der Waals surface area contributed by atoms with Gasteiger partial charge in [0.15, 0.2) is 0 Å². The van der Waals surface area contributed by atoms with Crippen molar-refractivity contribution in [1.82, 2.24) is 24.5 Å². The molecule has 0 bridgehead atoms. The van der Waals surface area contributed by atoms with E-state index >= 15 is 0 Å². The van der Waals surface area contributed by atoms with Gasteiger partial charge in [0.05, 0.1) is 5.69 Å². The standard InChI is InChI=1S/C15H25N5O2/c1-11-8-12(2)20(16-11)10-14(21)19-7-6-18(5)13(9-19)15(22)17(3)4/h8,13H,6-7,9-10H2,1-5H3. The van der Waals surface area contributed by atoms with Crippen molar-refractivity contribution in [3.05, 3.63) is 17.5 Å². The molecule has 1 unspecified atom stereocenters. The normalized spacial score (nSPS) is 19.3. The van der Waals surface area contributed by atoms with Crippen LogP contribution in [-0.2, 0) is 16.1 Å². The van der Waals surface area contributed by atoms with Crippen LogP contribution in [0.5, 0.6) is 0 Å². The maximum atomic E-state index is 12.5. The second kappa shape index (κ2) is 6.48. The number of piperazine rings is 1. The molecule has 1 saturated heterocycles. The van der Waals surface area contributed by atoms with Crippen molar-refractivity contribution in [1.29, 1.82) is 0 Å². The molecule has 2 rings (SSSR count). The molecule has 7 nitrogen and oxygen atoms in total. The van der Waals surface area contributed by atoms with Crippen LogP contribution in [-0.4, -0.2) is 83.1 Å². The van der Waals surface area contributed by atoms with Crippen molar-refractivity contribution in [3.8, 4) is 0 Å². The largest absolute Gasteiger partial charge is 0.347 e. The fraction of sp³-hybridized carbons (Fsp3) is 0.667. The van der Waals surface area contributed by atoms with E-state index in [4.69, 9.17) is 0 Å². The molecule has 1 fully saturated rings. The second-order valence-electron chi connectivity index (χ2n) is 6.15. The maximum Gasteiger partial charge on any atom is 0.244 e. The third-order valence-corrected chi connectivity index (χ3v) is 4.11. The number of hydrogen-bond donors (Lipinski definition) is 0. The minimum atomic E-state index is -0.270. The summed E-state index contributed by atoms with van der Waals surface area (Å²) in [5, 5.41) is 4.33. The Balaban J connectivity index is 2.04. The van der Waals surface area contributed by atoms with Crippen molar-refractivity contribution >= 4 is 11.8 Å². The molecule has 0 spiro atoms. The van der Waals surface area contributed by atoms with Crippen LogP contribution in [0.3, 0.4) is 0 Å². The molecular weight excluding hydrogens is 282 g/mol. The number of amides is 2. The number of nitrogens with zero attached hydrogens (tertiary/aromatic N) is 5. The van der Waals surface area contributed by atoms with Crippen molar-refractivity contribution in [2.24, 2.45) is 0 Å². The molecule has 7 heteroatoms. The van der Waals surface area contributed by atoms with Gasteiger partial charge in [-0.25, -0.2) is 0 Å². The van der Waals surface area contributed by atoms with E-state index in [1.165, 1.54) is 0 Å². The first-order chi connectivity index (χ1) is 10.3. The molecular formula is C15H25N5O2. The Morgan fingerprint density at radius 3 is 2.55 bits per heavy atom. The number of likely N-dealkylation sites (N-methyl/N-ethyl adjacent to an activating group) is 2. The van der Waals surface area contributed by atoms with Gasteiger partial charge in [0.2, 0.25) is 11.8 Å². The molecule has 0 saturated carbocycles. The Morgan fingerprint density at radius 2 is 2.00 bits per heavy atom. The molecule has 0 aromatic carbocycles. The number of carbonyl (C=O) groups excluding carboxylic acids is 2. The van der Waals surface area contributed by atoms with Crippen LogP contribution >= 0.6 is 0 Å². The van der Waals surface area contributed by atoms with Crippen LogP contribution in [0.25, 0.3) is 0 Å². The Kier molecular flexibility index (Phi) is 4.85. The van der Waals surface area contributed by atoms with Crippen LogP contribution in [0.2, 0.25) is 0 Å². The highest BCUT2D eigenvalue weighted by Crippen LogP contribution is 2.11. The summed E-state index contributed by atoms with van der Waals surface area (Å²) in [4.78, 5) is 30.1. The average molecular weight is 307 g/mol. The van der Waals surface area contributed by atoms with Gasteiger partial charge in [-0.05, 0) is 27.0 Å². The quantitative estimate of drug-likeness (QED) is 0.771. The summed E-state index contributed by atoms with van der Waals surface area (Å²) in [6, 6.07) is 1.68. The monoisotopic (exact) mass is 307 g/mol. The van der Waals surface area contributed by atoms with E-state index in [1.54, 1.807) is 28.6 Å². The maximum absolute atomic E-state index is 12.5. The highest BCUT2D eigenvalue weighted by Gasteiger charge is 2.33. The zero-order chi connectivity index (χ0) is 16.4. The Labute approximate surface area is 131 Å². The lowest BCUT2D eigenvalue weighted by Crippen LogP contribution is -2.58. The number of aromatic nitrogens is 2. The average Bonchev–Trinajstić information content (AvgIpc) is 2.76. The number of carbonyl (C=O) groups is 2. The molecule has 22 heavy (non-hydrogen) atoms. The molecule has 122 valence electrons. The van der Waals surface area contributed by atoms with E-state index < -0.39 is 0 Å². The molecule has 1 aromatic rings. The molecule has 1 aliphatic heterocycles. The molecule has 1 aromatic heterocycles. The molecule has 0 N–H and O–H groups in total. The van der Waals surface area contributed by atoms with Gasteiger partial charge in [-0.15, -0.1) is 0 Å². The number of hydrogen-bond acceptors (Lipinski definition) is 4. The lowest BCUT2D eigenvalue weighted by Gasteiger charge is -2.39. The lowest BCUT2D eigenvalue weighted by molar-refractivity contribution is -0.141. The highest BCUT2D eigenvalue weighted by atomic mass is 16.2. The Morgan fingerprint density at radius 1 is 1.32 bits per heavy atom. The zero-order valence-electron chi connectivity index (χ0n) is 14.0. The first kappa shape index (κ1) is 16.5. The van der Waals surface area contributed by atoms with Crippen molar-refractivity contribution in [3.63, 3.8) is 0 Å². The summed E-state index contributed by atoms with van der Waals surface area (Å²) in [5.74, 6) is 0.0435. The molecule has 2 heterocycles. The summed E-state index contributed by atoms with van der Waals surface area (Å²) in [7, 11) is 5.41. The summed E-state index contributed by atoms with van der Waals surface area (Å²) < 4.78 is 1.72. The number of rotatable bonds is 3. The van der Waals surface area contributed by atoms with E-state index in [9.17, 15) is 9.59 Å². The number of aryl methyl sites for hydroxylation is 2. The van der Waals surface area contributed by atoms with Gasteiger partial charge in [0.25, 0.3) is 0 Å². The minimum Gasteiger partial charge on any atom is -0.347 e. The second-order valence-corrected chi connectivity index (χ2v) is 6.15. The SMILES string of the molecule is Cc1cc(C)n(CC(=O)N2CCN(C)C(C(=O)N(C)C)C2)n1. The zero-order valence-corrected chi connectivity index (χ0v) is 14.0. The first-order valence-electron chi connectivity index (χ1n) is 7.50. The first-order valence-corrected chi connectivity index (χ1v) is 7.50. The smallest absolute Gasteiger partial charge is 0.244 e. The van der Waals surface area contributed by atoms with Crippen molar-refractivity contribution in [2.75, 3.05) is 40.8 Å². The van der Waals surface area contributed by atoms with Crippen molar-refractivity contribution in [2.45, 2.75) is 26.4 Å². The minimum absolute atomic E-state index is 0.0101. The van der Waals surface area contributed by atoms with Gasteiger partial charge in [-0.1, -0.05) is 0 Å². The Bertz CT molecular complexity index is 566. The van der Waals surface area contributed by atoms with Gasteiger partial charge < -0.3 is 9.80 Å². The molecule has 1 atom stereocenters. The van der Waals surface area contributed by atoms with Crippen LogP contribution in [0.15, 0.2) is 6.07 Å².